The van der Waals surface area contributed by atoms with Crippen molar-refractivity contribution in [2.45, 2.75) is 95.0 Å². The molecule has 2 atom stereocenters. The maximum Gasteiger partial charge on any atom is 0.407 e. The van der Waals surface area contributed by atoms with Crippen LogP contribution in [0.3, 0.4) is 0 Å². The maximum absolute atomic E-state index is 13.6. The first kappa shape index (κ1) is 42.9. The van der Waals surface area contributed by atoms with Crippen molar-refractivity contribution in [2.24, 2.45) is 0 Å². The zero-order valence-electron chi connectivity index (χ0n) is 33.4. The van der Waals surface area contributed by atoms with E-state index in [1.54, 1.807) is 19.1 Å². The average molecular weight is 779 g/mol. The molecule has 1 aliphatic heterocycles. The summed E-state index contributed by atoms with van der Waals surface area (Å²) < 4.78 is 23.2. The number of carbonyl (C=O) groups excluding carboxylic acids is 3. The molecule has 1 unspecified atom stereocenters. The molecule has 10 nitrogen and oxygen atoms in total. The van der Waals surface area contributed by atoms with Gasteiger partial charge in [-0.05, 0) is 78.6 Å². The van der Waals surface area contributed by atoms with Crippen molar-refractivity contribution >= 4 is 17.8 Å². The molecule has 0 aliphatic carbocycles. The first-order valence-electron chi connectivity index (χ1n) is 20.2. The molecule has 2 N–H and O–H groups in total. The summed E-state index contributed by atoms with van der Waals surface area (Å²) in [5, 5.41) is 13.5. The van der Waals surface area contributed by atoms with E-state index in [9.17, 15) is 19.5 Å². The van der Waals surface area contributed by atoms with E-state index in [1.807, 2.05) is 109 Å². The first-order valence-corrected chi connectivity index (χ1v) is 20.2. The Morgan fingerprint density at radius 2 is 1.21 bits per heavy atom. The van der Waals surface area contributed by atoms with Crippen molar-refractivity contribution in [3.8, 4) is 11.5 Å². The normalized spacial score (nSPS) is 15.2. The Balaban J connectivity index is 1.06. The number of likely N-dealkylation sites (tertiary alicyclic amines) is 1. The van der Waals surface area contributed by atoms with Gasteiger partial charge in [-0.15, -0.1) is 0 Å². The largest absolute Gasteiger partial charge is 0.497 e. The van der Waals surface area contributed by atoms with Crippen LogP contribution in [0, 0.1) is 0 Å². The Bertz CT molecular complexity index is 1750. The van der Waals surface area contributed by atoms with Gasteiger partial charge in [-0.25, -0.2) is 4.79 Å². The topological polar surface area (TPSA) is 124 Å². The second kappa shape index (κ2) is 22.5. The molecule has 1 heterocycles. The molecule has 10 heteroatoms. The van der Waals surface area contributed by atoms with Crippen molar-refractivity contribution in [1.82, 2.24) is 10.2 Å². The number of β-amino-alcohol motifs (C(OH)–C–C–N with tert-alkyl or cyclic N) is 1. The van der Waals surface area contributed by atoms with Crippen LogP contribution in [0.25, 0.3) is 0 Å². The van der Waals surface area contributed by atoms with Crippen molar-refractivity contribution < 1.29 is 38.4 Å². The predicted octanol–water partition coefficient (Wildman–Crippen LogP) is 8.37. The van der Waals surface area contributed by atoms with E-state index in [0.717, 1.165) is 78.7 Å². The SMILES string of the molecule is COc1ccc(C(OC[C@@H]2CC(O)CN2C(=O)CCCCCCC(=O)CCCCCNC(=O)OCc2ccccc2)(c2ccccc2)c2ccc(OC)cc2)cc1. The number of benzene rings is 4. The molecule has 0 radical (unpaired) electrons. The number of hydrogen-bond donors (Lipinski definition) is 2. The molecule has 1 saturated heterocycles. The van der Waals surface area contributed by atoms with E-state index in [0.29, 0.717) is 32.2 Å². The number of nitrogens with zero attached hydrogens (tertiary/aromatic N) is 1. The molecular formula is C47H58N2O8. The minimum Gasteiger partial charge on any atom is -0.497 e. The summed E-state index contributed by atoms with van der Waals surface area (Å²) in [5.74, 6) is 1.73. The fourth-order valence-corrected chi connectivity index (χ4v) is 7.46. The van der Waals surface area contributed by atoms with Gasteiger partial charge in [0.15, 0.2) is 0 Å². The minimum absolute atomic E-state index is 0.00868. The number of unbranched alkanes of at least 4 members (excludes halogenated alkanes) is 5. The number of Topliss-reactive ketones (excluding diaryl/α,β-unsaturated/α-hetero) is 1. The molecule has 2 amide bonds. The summed E-state index contributed by atoms with van der Waals surface area (Å²) in [5.41, 5.74) is 2.66. The van der Waals surface area contributed by atoms with Gasteiger partial charge >= 0.3 is 6.09 Å². The van der Waals surface area contributed by atoms with Gasteiger partial charge in [0.2, 0.25) is 5.91 Å². The third-order valence-corrected chi connectivity index (χ3v) is 10.6. The van der Waals surface area contributed by atoms with E-state index < -0.39 is 17.8 Å². The second-order valence-electron chi connectivity index (χ2n) is 14.7. The molecule has 4 aromatic rings. The summed E-state index contributed by atoms with van der Waals surface area (Å²) >= 11 is 0. The third-order valence-electron chi connectivity index (χ3n) is 10.6. The lowest BCUT2D eigenvalue weighted by molar-refractivity contribution is -0.134. The highest BCUT2D eigenvalue weighted by Crippen LogP contribution is 2.42. The number of aliphatic hydroxyl groups is 1. The van der Waals surface area contributed by atoms with Crippen LogP contribution in [-0.4, -0.2) is 73.9 Å². The van der Waals surface area contributed by atoms with Gasteiger partial charge in [-0.1, -0.05) is 104 Å². The quantitative estimate of drug-likeness (QED) is 0.0569. The van der Waals surface area contributed by atoms with Crippen molar-refractivity contribution in [3.63, 3.8) is 0 Å². The third kappa shape index (κ3) is 12.7. The first-order chi connectivity index (χ1) is 27.8. The van der Waals surface area contributed by atoms with Crippen LogP contribution in [0.15, 0.2) is 109 Å². The molecular weight excluding hydrogens is 721 g/mol. The fourth-order valence-electron chi connectivity index (χ4n) is 7.46. The molecule has 0 bridgehead atoms. The van der Waals surface area contributed by atoms with Crippen LogP contribution in [0.4, 0.5) is 4.79 Å². The number of methoxy groups -OCH3 is 2. The van der Waals surface area contributed by atoms with Gasteiger partial charge in [-0.3, -0.25) is 9.59 Å². The Labute approximate surface area is 337 Å². The monoisotopic (exact) mass is 778 g/mol. The number of nitrogens with one attached hydrogen (secondary N) is 1. The predicted molar refractivity (Wildman–Crippen MR) is 220 cm³/mol. The summed E-state index contributed by atoms with van der Waals surface area (Å²) in [4.78, 5) is 39.7. The highest BCUT2D eigenvalue weighted by Gasteiger charge is 2.41. The lowest BCUT2D eigenvalue weighted by Crippen LogP contribution is -2.42. The van der Waals surface area contributed by atoms with Crippen LogP contribution >= 0.6 is 0 Å². The van der Waals surface area contributed by atoms with E-state index in [2.05, 4.69) is 5.32 Å². The van der Waals surface area contributed by atoms with Crippen molar-refractivity contribution in [1.29, 1.82) is 0 Å². The lowest BCUT2D eigenvalue weighted by atomic mass is 9.80. The zero-order valence-corrected chi connectivity index (χ0v) is 33.4. The molecule has 1 aliphatic rings. The Hall–Kier alpha value is -5.19. The van der Waals surface area contributed by atoms with Gasteiger partial charge in [0.25, 0.3) is 0 Å². The molecule has 4 aromatic carbocycles. The summed E-state index contributed by atoms with van der Waals surface area (Å²) in [6.07, 6.45) is 6.56. The number of alkyl carbamates (subject to hydrolysis) is 1. The smallest absolute Gasteiger partial charge is 0.407 e. The van der Waals surface area contributed by atoms with E-state index in [4.69, 9.17) is 18.9 Å². The average Bonchev–Trinajstić information content (AvgIpc) is 3.64. The van der Waals surface area contributed by atoms with Crippen molar-refractivity contribution in [2.75, 3.05) is 33.9 Å². The second-order valence-corrected chi connectivity index (χ2v) is 14.7. The number of amides is 2. The van der Waals surface area contributed by atoms with Crippen LogP contribution < -0.4 is 14.8 Å². The minimum atomic E-state index is -1.02. The van der Waals surface area contributed by atoms with Crippen LogP contribution in [-0.2, 0) is 31.3 Å². The van der Waals surface area contributed by atoms with Gasteiger partial charge < -0.3 is 34.3 Å². The van der Waals surface area contributed by atoms with Gasteiger partial charge in [0.1, 0.15) is 29.5 Å². The standard InChI is InChI=1S/C47H58N2O8/c1-54-43-27-23-38(24-28-43)47(37-18-10-6-11-19-37,39-25-29-44(55-2)30-26-39)57-35-40-32-42(51)33-49(40)45(52)22-14-4-3-12-20-41(50)21-13-7-15-31-48-46(53)56-34-36-16-8-5-9-17-36/h5-6,8-11,16-19,23-30,40,42,51H,3-4,7,12-15,20-22,31-35H2,1-2H3,(H,48,53)/t40-,42?/m0/s1. The van der Waals surface area contributed by atoms with Crippen molar-refractivity contribution in [3.05, 3.63) is 131 Å². The molecule has 57 heavy (non-hydrogen) atoms. The number of carbonyl (C=O) groups is 3. The molecule has 0 aromatic heterocycles. The summed E-state index contributed by atoms with van der Waals surface area (Å²) in [7, 11) is 3.28. The summed E-state index contributed by atoms with van der Waals surface area (Å²) in [6.45, 7) is 1.26. The fraction of sp³-hybridized carbons (Fsp3) is 0.426. The summed E-state index contributed by atoms with van der Waals surface area (Å²) in [6, 6.07) is 35.0. The molecule has 5 rings (SSSR count). The van der Waals surface area contributed by atoms with Gasteiger partial charge in [0, 0.05) is 32.4 Å². The van der Waals surface area contributed by atoms with Gasteiger partial charge in [0.05, 0.1) is 33.0 Å². The van der Waals surface area contributed by atoms with Crippen LogP contribution in [0.5, 0.6) is 11.5 Å². The number of ketones is 1. The zero-order chi connectivity index (χ0) is 40.3. The molecule has 1 fully saturated rings. The van der Waals surface area contributed by atoms with E-state index >= 15 is 0 Å². The molecule has 0 saturated carbocycles. The van der Waals surface area contributed by atoms with E-state index in [1.165, 1.54) is 0 Å². The van der Waals surface area contributed by atoms with Crippen LogP contribution in [0.1, 0.15) is 92.9 Å². The van der Waals surface area contributed by atoms with E-state index in [-0.39, 0.29) is 37.5 Å². The molecule has 0 spiro atoms. The number of ether oxygens (including phenoxy) is 4. The molecule has 304 valence electrons. The number of hydrogen-bond acceptors (Lipinski definition) is 8. The highest BCUT2D eigenvalue weighted by molar-refractivity contribution is 5.78. The Kier molecular flexibility index (Phi) is 17.0. The van der Waals surface area contributed by atoms with Gasteiger partial charge in [-0.2, -0.15) is 0 Å². The maximum atomic E-state index is 13.6. The number of rotatable bonds is 23. The highest BCUT2D eigenvalue weighted by atomic mass is 16.5. The van der Waals surface area contributed by atoms with Crippen LogP contribution in [0.2, 0.25) is 0 Å². The Morgan fingerprint density at radius 1 is 0.684 bits per heavy atom. The number of aliphatic hydroxyl groups excluding tert-OH is 1. The Morgan fingerprint density at radius 3 is 1.79 bits per heavy atom. The lowest BCUT2D eigenvalue weighted by Gasteiger charge is -2.38.